The first-order chi connectivity index (χ1) is 9.49. The molecule has 1 aromatic carbocycles. The number of hydrogen-bond donors (Lipinski definition) is 0. The Kier molecular flexibility index (Phi) is 4.15. The normalized spacial score (nSPS) is 10.7. The van der Waals surface area contributed by atoms with Crippen LogP contribution in [-0.2, 0) is 7.05 Å². The number of methoxy groups -OCH3 is 1. The van der Waals surface area contributed by atoms with E-state index in [4.69, 9.17) is 10.00 Å². The number of rotatable bonds is 3. The number of nitriles is 1. The van der Waals surface area contributed by atoms with Gasteiger partial charge in [0.2, 0.25) is 0 Å². The third-order valence-electron chi connectivity index (χ3n) is 3.27. The Balaban J connectivity index is 2.60. The zero-order chi connectivity index (χ0) is 14.9. The Bertz CT molecular complexity index is 683. The van der Waals surface area contributed by atoms with Gasteiger partial charge in [0.25, 0.3) is 0 Å². The Morgan fingerprint density at radius 1 is 1.40 bits per heavy atom. The summed E-state index contributed by atoms with van der Waals surface area (Å²) in [7, 11) is 3.51. The van der Waals surface area contributed by atoms with E-state index in [9.17, 15) is 0 Å². The minimum Gasteiger partial charge on any atom is -0.496 e. The molecule has 1 aromatic heterocycles. The third kappa shape index (κ3) is 2.44. The molecule has 1 heterocycles. The van der Waals surface area contributed by atoms with Crippen LogP contribution in [0.3, 0.4) is 0 Å². The molecule has 0 aliphatic heterocycles. The highest BCUT2D eigenvalue weighted by Gasteiger charge is 2.16. The first-order valence-corrected chi connectivity index (χ1v) is 7.09. The van der Waals surface area contributed by atoms with Gasteiger partial charge in [-0.3, -0.25) is 0 Å². The van der Waals surface area contributed by atoms with E-state index in [0.717, 1.165) is 22.7 Å². The zero-order valence-electron chi connectivity index (χ0n) is 11.9. The lowest BCUT2D eigenvalue weighted by Gasteiger charge is -2.13. The molecule has 0 spiro atoms. The van der Waals surface area contributed by atoms with E-state index < -0.39 is 0 Å². The molecular weight excluding hydrogens is 318 g/mol. The van der Waals surface area contributed by atoms with Crippen molar-refractivity contribution >= 4 is 15.9 Å². The molecule has 5 heteroatoms. The van der Waals surface area contributed by atoms with Crippen LogP contribution in [0.1, 0.15) is 31.0 Å². The number of halogens is 1. The molecule has 4 nitrogen and oxygen atoms in total. The summed E-state index contributed by atoms with van der Waals surface area (Å²) in [6, 6.07) is 8.11. The van der Waals surface area contributed by atoms with Gasteiger partial charge in [-0.15, -0.1) is 0 Å². The van der Waals surface area contributed by atoms with E-state index in [2.05, 4.69) is 46.9 Å². The molecule has 0 saturated heterocycles. The van der Waals surface area contributed by atoms with Gasteiger partial charge < -0.3 is 9.30 Å². The van der Waals surface area contributed by atoms with Crippen LogP contribution in [0.25, 0.3) is 11.4 Å². The summed E-state index contributed by atoms with van der Waals surface area (Å²) in [4.78, 5) is 4.42. The Morgan fingerprint density at radius 2 is 2.10 bits per heavy atom. The molecule has 104 valence electrons. The standard InChI is InChI=1S/C15H16BrN3O/c1-9(2)11-7-10(5-6-13(11)20-4)15-18-14(16)12(8-17)19(15)3/h5-7,9H,1-4H3. The highest BCUT2D eigenvalue weighted by atomic mass is 79.9. The Hall–Kier alpha value is -1.80. The summed E-state index contributed by atoms with van der Waals surface area (Å²) in [6.45, 7) is 4.24. The first-order valence-electron chi connectivity index (χ1n) is 6.30. The maximum Gasteiger partial charge on any atom is 0.154 e. The summed E-state index contributed by atoms with van der Waals surface area (Å²) < 4.78 is 7.75. The first kappa shape index (κ1) is 14.6. The predicted molar refractivity (Wildman–Crippen MR) is 81.7 cm³/mol. The summed E-state index contributed by atoms with van der Waals surface area (Å²) in [5, 5.41) is 9.12. The number of nitrogens with zero attached hydrogens (tertiary/aromatic N) is 3. The van der Waals surface area contributed by atoms with Crippen molar-refractivity contribution in [2.45, 2.75) is 19.8 Å². The van der Waals surface area contributed by atoms with E-state index in [1.165, 1.54) is 0 Å². The molecule has 0 amide bonds. The minimum absolute atomic E-state index is 0.351. The number of hydrogen-bond acceptors (Lipinski definition) is 3. The highest BCUT2D eigenvalue weighted by molar-refractivity contribution is 9.10. The highest BCUT2D eigenvalue weighted by Crippen LogP contribution is 2.32. The van der Waals surface area contributed by atoms with Crippen molar-refractivity contribution in [2.24, 2.45) is 7.05 Å². The quantitative estimate of drug-likeness (QED) is 0.857. The van der Waals surface area contributed by atoms with Gasteiger partial charge in [0.05, 0.1) is 7.11 Å². The van der Waals surface area contributed by atoms with Crippen LogP contribution in [-0.4, -0.2) is 16.7 Å². The molecule has 2 rings (SSSR count). The number of ether oxygens (including phenoxy) is 1. The summed E-state index contributed by atoms with van der Waals surface area (Å²) in [5.74, 6) is 1.99. The van der Waals surface area contributed by atoms with Gasteiger partial charge in [-0.05, 0) is 45.6 Å². The summed E-state index contributed by atoms with van der Waals surface area (Å²) >= 11 is 3.32. The lowest BCUT2D eigenvalue weighted by molar-refractivity contribution is 0.407. The van der Waals surface area contributed by atoms with Crippen LogP contribution in [0.4, 0.5) is 0 Å². The second-order valence-electron chi connectivity index (χ2n) is 4.86. The van der Waals surface area contributed by atoms with Gasteiger partial charge in [0.1, 0.15) is 22.2 Å². The van der Waals surface area contributed by atoms with E-state index in [0.29, 0.717) is 16.2 Å². The molecule has 0 N–H and O–H groups in total. The van der Waals surface area contributed by atoms with Crippen molar-refractivity contribution in [1.29, 1.82) is 5.26 Å². The zero-order valence-corrected chi connectivity index (χ0v) is 13.5. The van der Waals surface area contributed by atoms with Crippen molar-refractivity contribution < 1.29 is 4.74 Å². The van der Waals surface area contributed by atoms with Crippen molar-refractivity contribution in [3.8, 4) is 23.2 Å². The predicted octanol–water partition coefficient (Wildman–Crippen LogP) is 3.85. The SMILES string of the molecule is COc1ccc(-c2nc(Br)c(C#N)n2C)cc1C(C)C. The maximum atomic E-state index is 9.12. The largest absolute Gasteiger partial charge is 0.496 e. The van der Waals surface area contributed by atoms with Gasteiger partial charge >= 0.3 is 0 Å². The van der Waals surface area contributed by atoms with E-state index in [-0.39, 0.29) is 0 Å². The average Bonchev–Trinajstić information content (AvgIpc) is 2.72. The van der Waals surface area contributed by atoms with Crippen LogP contribution in [0.15, 0.2) is 22.8 Å². The molecule has 2 aromatic rings. The van der Waals surface area contributed by atoms with Crippen LogP contribution >= 0.6 is 15.9 Å². The van der Waals surface area contributed by atoms with Crippen molar-refractivity contribution in [2.75, 3.05) is 7.11 Å². The molecule has 0 bridgehead atoms. The second-order valence-corrected chi connectivity index (χ2v) is 5.61. The fourth-order valence-electron chi connectivity index (χ4n) is 2.17. The topological polar surface area (TPSA) is 50.8 Å². The van der Waals surface area contributed by atoms with Crippen molar-refractivity contribution in [3.63, 3.8) is 0 Å². The number of aromatic nitrogens is 2. The van der Waals surface area contributed by atoms with Gasteiger partial charge in [-0.1, -0.05) is 13.8 Å². The molecule has 0 aliphatic rings. The molecule has 0 radical (unpaired) electrons. The van der Waals surface area contributed by atoms with Crippen molar-refractivity contribution in [3.05, 3.63) is 34.1 Å². The Morgan fingerprint density at radius 3 is 2.60 bits per heavy atom. The van der Waals surface area contributed by atoms with Crippen LogP contribution in [0, 0.1) is 11.3 Å². The Labute approximate surface area is 127 Å². The van der Waals surface area contributed by atoms with Gasteiger partial charge in [-0.25, -0.2) is 4.98 Å². The molecule has 0 aliphatic carbocycles. The van der Waals surface area contributed by atoms with Crippen LogP contribution in [0.5, 0.6) is 5.75 Å². The summed E-state index contributed by atoms with van der Waals surface area (Å²) in [5.41, 5.74) is 2.61. The fraction of sp³-hybridized carbons (Fsp3) is 0.333. The lowest BCUT2D eigenvalue weighted by atomic mass is 9.99. The second kappa shape index (κ2) is 5.68. The van der Waals surface area contributed by atoms with Gasteiger partial charge in [0.15, 0.2) is 5.69 Å². The molecule has 20 heavy (non-hydrogen) atoms. The van der Waals surface area contributed by atoms with Crippen LogP contribution in [0.2, 0.25) is 0 Å². The average molecular weight is 334 g/mol. The smallest absolute Gasteiger partial charge is 0.154 e. The molecular formula is C15H16BrN3O. The van der Waals surface area contributed by atoms with E-state index in [1.54, 1.807) is 11.7 Å². The van der Waals surface area contributed by atoms with Gasteiger partial charge in [0, 0.05) is 12.6 Å². The van der Waals surface area contributed by atoms with Crippen molar-refractivity contribution in [1.82, 2.24) is 9.55 Å². The van der Waals surface area contributed by atoms with E-state index >= 15 is 0 Å². The summed E-state index contributed by atoms with van der Waals surface area (Å²) in [6.07, 6.45) is 0. The maximum absolute atomic E-state index is 9.12. The molecule has 0 fully saturated rings. The molecule has 0 saturated carbocycles. The number of imidazole rings is 1. The minimum atomic E-state index is 0.351. The fourth-order valence-corrected chi connectivity index (χ4v) is 2.69. The molecule has 0 unspecified atom stereocenters. The monoisotopic (exact) mass is 333 g/mol. The number of benzene rings is 1. The van der Waals surface area contributed by atoms with E-state index in [1.807, 2.05) is 19.2 Å². The van der Waals surface area contributed by atoms with Crippen LogP contribution < -0.4 is 4.74 Å². The lowest BCUT2D eigenvalue weighted by Crippen LogP contribution is -1.98. The van der Waals surface area contributed by atoms with Gasteiger partial charge in [-0.2, -0.15) is 5.26 Å². The molecule has 0 atom stereocenters. The third-order valence-corrected chi connectivity index (χ3v) is 3.82.